The van der Waals surface area contributed by atoms with Gasteiger partial charge in [0.15, 0.2) is 0 Å². The molecule has 0 spiro atoms. The van der Waals surface area contributed by atoms with E-state index in [2.05, 4.69) is 46.3 Å². The molecule has 2 aromatic heterocycles. The summed E-state index contributed by atoms with van der Waals surface area (Å²) in [7, 11) is 4.01. The smallest absolute Gasteiger partial charge is 0.332 e. The Morgan fingerprint density at radius 3 is 2.55 bits per heavy atom. The molecule has 0 radical (unpaired) electrons. The molecule has 1 atom stereocenters. The number of nitrogens with one attached hydrogen (secondary N) is 1. The fourth-order valence-electron chi connectivity index (χ4n) is 4.53. The van der Waals surface area contributed by atoms with Crippen molar-refractivity contribution in [3.63, 3.8) is 0 Å². The highest BCUT2D eigenvalue weighted by molar-refractivity contribution is 5.86. The molecule has 6 nitrogen and oxygen atoms in total. The Morgan fingerprint density at radius 1 is 1.14 bits per heavy atom. The number of rotatable bonds is 3. The second kappa shape index (κ2) is 6.30. The van der Waals surface area contributed by atoms with E-state index in [1.165, 1.54) is 4.57 Å². The number of nitrogens with zero attached hydrogens (tertiary/aromatic N) is 3. The predicted molar refractivity (Wildman–Crippen MR) is 115 cm³/mol. The molecule has 1 aliphatic rings. The monoisotopic (exact) mass is 388 g/mol. The molecule has 0 aliphatic carbocycles. The highest BCUT2D eigenvalue weighted by Crippen LogP contribution is 2.40. The minimum Gasteiger partial charge on any atom is -0.493 e. The van der Waals surface area contributed by atoms with Crippen LogP contribution in [0, 0.1) is 0 Å². The predicted octanol–water partition coefficient (Wildman–Crippen LogP) is 3.46. The molecule has 2 aromatic carbocycles. The number of fused-ring (bicyclic) bond motifs is 4. The molecule has 4 aromatic rings. The lowest BCUT2D eigenvalue weighted by atomic mass is 9.93. The fourth-order valence-corrected chi connectivity index (χ4v) is 4.53. The van der Waals surface area contributed by atoms with Crippen LogP contribution in [0.25, 0.3) is 10.9 Å². The lowest BCUT2D eigenvalue weighted by Gasteiger charge is -2.26. The molecule has 3 heterocycles. The topological polar surface area (TPSA) is 66.2 Å². The number of hydrogen-bond donors (Lipinski definition) is 2. The summed E-state index contributed by atoms with van der Waals surface area (Å²) >= 11 is 0. The number of aromatic nitrogens is 3. The van der Waals surface area contributed by atoms with Crippen LogP contribution in [0.4, 0.5) is 5.69 Å². The summed E-state index contributed by atoms with van der Waals surface area (Å²) < 4.78 is 3.20. The molecule has 1 aliphatic heterocycles. The van der Waals surface area contributed by atoms with Crippen molar-refractivity contribution < 1.29 is 5.11 Å². The van der Waals surface area contributed by atoms with Crippen LogP contribution in [0.1, 0.15) is 35.5 Å². The number of H-pyrrole nitrogens is 1. The van der Waals surface area contributed by atoms with Crippen LogP contribution in [0.15, 0.2) is 53.3 Å². The van der Waals surface area contributed by atoms with Gasteiger partial charge in [-0.05, 0) is 36.2 Å². The number of imidazole rings is 1. The molecular weight excluding hydrogens is 364 g/mol. The van der Waals surface area contributed by atoms with Crippen LogP contribution in [-0.4, -0.2) is 33.3 Å². The minimum absolute atomic E-state index is 0.0725. The first-order chi connectivity index (χ1) is 14.0. The fraction of sp³-hybridized carbons (Fsp3) is 0.261. The number of aromatic amines is 1. The summed E-state index contributed by atoms with van der Waals surface area (Å²) in [5.41, 5.74) is 5.83. The highest BCUT2D eigenvalue weighted by atomic mass is 16.3. The largest absolute Gasteiger partial charge is 0.493 e. The molecule has 2 N–H and O–H groups in total. The average molecular weight is 388 g/mol. The van der Waals surface area contributed by atoms with Crippen molar-refractivity contribution >= 4 is 16.6 Å². The molecule has 0 saturated carbocycles. The average Bonchev–Trinajstić information content (AvgIpc) is 3.21. The summed E-state index contributed by atoms with van der Waals surface area (Å²) in [5.74, 6) is 0.0725. The van der Waals surface area contributed by atoms with Gasteiger partial charge in [-0.2, -0.15) is 0 Å². The van der Waals surface area contributed by atoms with Gasteiger partial charge >= 0.3 is 5.69 Å². The van der Waals surface area contributed by atoms with E-state index < -0.39 is 0 Å². The molecule has 0 amide bonds. The minimum atomic E-state index is -0.302. The van der Waals surface area contributed by atoms with Crippen molar-refractivity contribution in [2.75, 3.05) is 19.0 Å². The first-order valence-corrected chi connectivity index (χ1v) is 9.90. The first kappa shape index (κ1) is 17.7. The molecule has 0 saturated heterocycles. The van der Waals surface area contributed by atoms with E-state index in [9.17, 15) is 9.90 Å². The molecule has 29 heavy (non-hydrogen) atoms. The molecule has 0 unspecified atom stereocenters. The van der Waals surface area contributed by atoms with Crippen molar-refractivity contribution in [2.24, 2.45) is 0 Å². The van der Waals surface area contributed by atoms with Crippen LogP contribution < -0.4 is 10.6 Å². The van der Waals surface area contributed by atoms with E-state index in [4.69, 9.17) is 0 Å². The maximum Gasteiger partial charge on any atom is 0.332 e. The van der Waals surface area contributed by atoms with Gasteiger partial charge in [-0.25, -0.2) is 4.79 Å². The number of aromatic hydroxyl groups is 1. The first-order valence-electron chi connectivity index (χ1n) is 9.90. The number of hydrogen-bond acceptors (Lipinski definition) is 3. The van der Waals surface area contributed by atoms with Crippen molar-refractivity contribution in [1.29, 1.82) is 0 Å². The SMILES string of the molecule is CCn1c(O)c2n(c1=O)[C@@H](c1ccc(N(C)C)cc1)c1[nH]c3ccccc3c1C2. The van der Waals surface area contributed by atoms with Crippen molar-refractivity contribution in [3.05, 3.63) is 81.5 Å². The Hall–Kier alpha value is -3.41. The second-order valence-electron chi connectivity index (χ2n) is 7.80. The Kier molecular flexibility index (Phi) is 3.84. The van der Waals surface area contributed by atoms with Gasteiger partial charge in [0, 0.05) is 49.3 Å². The highest BCUT2D eigenvalue weighted by Gasteiger charge is 2.35. The summed E-state index contributed by atoms with van der Waals surface area (Å²) in [6, 6.07) is 16.1. The van der Waals surface area contributed by atoms with Crippen molar-refractivity contribution in [3.8, 4) is 5.88 Å². The van der Waals surface area contributed by atoms with Gasteiger partial charge in [0.25, 0.3) is 0 Å². The molecule has 148 valence electrons. The Balaban J connectivity index is 1.80. The summed E-state index contributed by atoms with van der Waals surface area (Å²) in [6.45, 7) is 2.31. The molecule has 5 rings (SSSR count). The van der Waals surface area contributed by atoms with Crippen LogP contribution in [0.5, 0.6) is 5.88 Å². The van der Waals surface area contributed by atoms with Gasteiger partial charge in [-0.3, -0.25) is 9.13 Å². The Morgan fingerprint density at radius 2 is 1.86 bits per heavy atom. The van der Waals surface area contributed by atoms with Crippen LogP contribution in [0.3, 0.4) is 0 Å². The van der Waals surface area contributed by atoms with E-state index in [1.54, 1.807) is 4.57 Å². The van der Waals surface area contributed by atoms with Gasteiger partial charge in [0.2, 0.25) is 5.88 Å². The molecule has 0 bridgehead atoms. The zero-order chi connectivity index (χ0) is 20.3. The lowest BCUT2D eigenvalue weighted by molar-refractivity contribution is 0.413. The lowest BCUT2D eigenvalue weighted by Crippen LogP contribution is -2.32. The van der Waals surface area contributed by atoms with Crippen LogP contribution in [-0.2, 0) is 13.0 Å². The van der Waals surface area contributed by atoms with Crippen LogP contribution in [0.2, 0.25) is 0 Å². The summed E-state index contributed by atoms with van der Waals surface area (Å²) in [5, 5.41) is 11.9. The number of para-hydroxylation sites is 1. The van der Waals surface area contributed by atoms with Crippen molar-refractivity contribution in [1.82, 2.24) is 14.1 Å². The molecule has 0 fully saturated rings. The summed E-state index contributed by atoms with van der Waals surface area (Å²) in [6.07, 6.45) is 0.527. The van der Waals surface area contributed by atoms with E-state index in [0.29, 0.717) is 18.7 Å². The molecule has 6 heteroatoms. The van der Waals surface area contributed by atoms with Gasteiger partial charge in [0.1, 0.15) is 6.04 Å². The van der Waals surface area contributed by atoms with Gasteiger partial charge < -0.3 is 15.0 Å². The third-order valence-corrected chi connectivity index (χ3v) is 6.01. The zero-order valence-corrected chi connectivity index (χ0v) is 16.8. The van der Waals surface area contributed by atoms with E-state index in [0.717, 1.165) is 33.4 Å². The van der Waals surface area contributed by atoms with E-state index in [1.807, 2.05) is 33.2 Å². The quantitative estimate of drug-likeness (QED) is 0.497. The third-order valence-electron chi connectivity index (χ3n) is 6.01. The molecular formula is C23H24N4O2. The van der Waals surface area contributed by atoms with E-state index >= 15 is 0 Å². The number of anilines is 1. The Bertz CT molecular complexity index is 1270. The van der Waals surface area contributed by atoms with E-state index in [-0.39, 0.29) is 17.6 Å². The normalized spacial score (nSPS) is 15.3. The van der Waals surface area contributed by atoms with Gasteiger partial charge in [0.05, 0.1) is 5.69 Å². The summed E-state index contributed by atoms with van der Waals surface area (Å²) in [4.78, 5) is 18.8. The standard InChI is InChI=1S/C23H24N4O2/c1-4-26-22(28)19-13-17-16-7-5-6-8-18(16)24-20(17)21(27(19)23(26)29)14-9-11-15(12-10-14)25(2)3/h5-12,21,24,28H,4,13H2,1-3H3/t21-/m0/s1. The number of benzene rings is 2. The Labute approximate surface area is 168 Å². The zero-order valence-electron chi connectivity index (χ0n) is 16.8. The van der Waals surface area contributed by atoms with Crippen molar-refractivity contribution in [2.45, 2.75) is 25.9 Å². The van der Waals surface area contributed by atoms with Gasteiger partial charge in [-0.1, -0.05) is 30.3 Å². The maximum atomic E-state index is 13.2. The second-order valence-corrected chi connectivity index (χ2v) is 7.80. The maximum absolute atomic E-state index is 13.2. The van der Waals surface area contributed by atoms with Gasteiger partial charge in [-0.15, -0.1) is 0 Å². The third kappa shape index (κ3) is 2.45. The van der Waals surface area contributed by atoms with Crippen LogP contribution >= 0.6 is 0 Å².